The first-order valence-electron chi connectivity index (χ1n) is 16.0. The molecule has 1 N–H and O–H groups in total. The second kappa shape index (κ2) is 14.8. The standard InChI is InChI=1S/C31H43F5O10S/c1-17(4-7-25(40)44-27(30(32,33)34)31(35,36)47-46-45-41)21-5-6-22-26-18(9-11-37)12-19-13-20(42-15-38)8-10-28(19,2)23(26)14-24(43-16-39)29(21,22)3/h11,15-24,26-27,41H,4-10,12-14H2,1-3H3/t17-,18+,19+,20+,21?,22-,23-,24-,26-,27?,28-,29+/m0/s1. The minimum atomic E-state index is -5.64. The fraction of sp³-hybridized carbons (Fsp3) is 0.871. The van der Waals surface area contributed by atoms with Gasteiger partial charge in [0.1, 0.15) is 30.5 Å². The van der Waals surface area contributed by atoms with Crippen molar-refractivity contribution in [3.63, 3.8) is 0 Å². The summed E-state index contributed by atoms with van der Waals surface area (Å²) in [4.78, 5) is 47.4. The van der Waals surface area contributed by atoms with Gasteiger partial charge in [-0.2, -0.15) is 22.0 Å². The average molecular weight is 703 g/mol. The number of rotatable bonds is 15. The Morgan fingerprint density at radius 1 is 1.00 bits per heavy atom. The molecule has 0 aromatic carbocycles. The third-order valence-corrected chi connectivity index (χ3v) is 12.9. The highest BCUT2D eigenvalue weighted by molar-refractivity contribution is 7.95. The van der Waals surface area contributed by atoms with Crippen LogP contribution >= 0.6 is 12.0 Å². The maximum atomic E-state index is 14.1. The van der Waals surface area contributed by atoms with Crippen LogP contribution in [0.25, 0.3) is 0 Å². The molecule has 4 aliphatic rings. The number of hydrogen-bond acceptors (Lipinski definition) is 11. The molecule has 4 rings (SSSR count). The summed E-state index contributed by atoms with van der Waals surface area (Å²) in [6.07, 6.45) is -4.38. The monoisotopic (exact) mass is 702 g/mol. The van der Waals surface area contributed by atoms with Crippen molar-refractivity contribution in [2.75, 3.05) is 0 Å². The van der Waals surface area contributed by atoms with Crippen LogP contribution in [0.1, 0.15) is 85.0 Å². The first kappa shape index (κ1) is 37.8. The summed E-state index contributed by atoms with van der Waals surface area (Å²) in [6.45, 7) is 7.06. The Morgan fingerprint density at radius 2 is 1.70 bits per heavy atom. The molecule has 268 valence electrons. The number of hydrogen-bond donors (Lipinski definition) is 1. The highest BCUT2D eigenvalue weighted by Crippen LogP contribution is 2.70. The van der Waals surface area contributed by atoms with Gasteiger partial charge < -0.3 is 19.0 Å². The lowest BCUT2D eigenvalue weighted by Crippen LogP contribution is -2.61. The summed E-state index contributed by atoms with van der Waals surface area (Å²) in [6, 6.07) is 0. The zero-order valence-electron chi connectivity index (χ0n) is 26.5. The zero-order valence-corrected chi connectivity index (χ0v) is 27.3. The van der Waals surface area contributed by atoms with Crippen LogP contribution in [0.5, 0.6) is 0 Å². The lowest BCUT2D eigenvalue weighted by molar-refractivity contribution is -0.434. The molecule has 0 amide bonds. The molecule has 0 aromatic rings. The van der Waals surface area contributed by atoms with Crippen LogP contribution in [-0.4, -0.2) is 60.2 Å². The predicted octanol–water partition coefficient (Wildman–Crippen LogP) is 6.71. The van der Waals surface area contributed by atoms with E-state index < -0.39 is 53.5 Å². The van der Waals surface area contributed by atoms with Crippen LogP contribution in [0, 0.1) is 52.3 Å². The summed E-state index contributed by atoms with van der Waals surface area (Å²) < 4.78 is 87.2. The van der Waals surface area contributed by atoms with E-state index in [-0.39, 0.29) is 59.4 Å². The first-order chi connectivity index (χ1) is 22.1. The van der Waals surface area contributed by atoms with Crippen LogP contribution < -0.4 is 0 Å². The van der Waals surface area contributed by atoms with Crippen molar-refractivity contribution in [1.82, 2.24) is 0 Å². The number of fused-ring (bicyclic) bond motifs is 5. The lowest BCUT2D eigenvalue weighted by atomic mass is 9.41. The number of carbonyl (C=O) groups excluding carboxylic acids is 4. The quantitative estimate of drug-likeness (QED) is 0.0371. The molecule has 47 heavy (non-hydrogen) atoms. The van der Waals surface area contributed by atoms with Gasteiger partial charge >= 0.3 is 17.4 Å². The van der Waals surface area contributed by atoms with Gasteiger partial charge in [0.05, 0.1) is 0 Å². The number of halogens is 5. The Labute approximate surface area is 274 Å². The van der Waals surface area contributed by atoms with Crippen molar-refractivity contribution >= 4 is 37.2 Å². The summed E-state index contributed by atoms with van der Waals surface area (Å²) in [5.74, 6) is -1.30. The molecule has 0 aromatic heterocycles. The van der Waals surface area contributed by atoms with Crippen molar-refractivity contribution in [3.05, 3.63) is 0 Å². The highest BCUT2D eigenvalue weighted by atomic mass is 32.2. The van der Waals surface area contributed by atoms with E-state index in [2.05, 4.69) is 28.0 Å². The largest absolute Gasteiger partial charge is 0.465 e. The molecule has 2 unspecified atom stereocenters. The van der Waals surface area contributed by atoms with Crippen LogP contribution in [-0.2, 0) is 42.8 Å². The smallest absolute Gasteiger partial charge is 0.432 e. The van der Waals surface area contributed by atoms with Gasteiger partial charge in [0, 0.05) is 18.3 Å². The highest BCUT2D eigenvalue weighted by Gasteiger charge is 2.67. The summed E-state index contributed by atoms with van der Waals surface area (Å²) in [5.41, 5.74) is -0.705. The van der Waals surface area contributed by atoms with E-state index in [1.54, 1.807) is 0 Å². The van der Waals surface area contributed by atoms with E-state index >= 15 is 0 Å². The predicted molar refractivity (Wildman–Crippen MR) is 154 cm³/mol. The molecular formula is C31H43F5O10S. The van der Waals surface area contributed by atoms with Crippen molar-refractivity contribution in [1.29, 1.82) is 0 Å². The zero-order chi connectivity index (χ0) is 34.8. The van der Waals surface area contributed by atoms with Gasteiger partial charge in [-0.15, -0.1) is 4.33 Å². The average Bonchev–Trinajstić information content (AvgIpc) is 3.36. The third kappa shape index (κ3) is 7.45. The van der Waals surface area contributed by atoms with Crippen molar-refractivity contribution in [2.24, 2.45) is 52.3 Å². The second-order valence-corrected chi connectivity index (χ2v) is 15.1. The van der Waals surface area contributed by atoms with Crippen LogP contribution in [0.4, 0.5) is 22.0 Å². The molecule has 0 heterocycles. The molecule has 0 spiro atoms. The molecule has 4 fully saturated rings. The van der Waals surface area contributed by atoms with E-state index in [1.807, 2.05) is 6.92 Å². The van der Waals surface area contributed by atoms with Gasteiger partial charge in [0.25, 0.3) is 19.0 Å². The molecule has 0 radical (unpaired) electrons. The molecule has 12 atom stereocenters. The first-order valence-corrected chi connectivity index (χ1v) is 16.7. The topological polar surface area (TPSA) is 135 Å². The van der Waals surface area contributed by atoms with Crippen molar-refractivity contribution < 1.29 is 70.0 Å². The Bertz CT molecular complexity index is 1130. The van der Waals surface area contributed by atoms with E-state index in [9.17, 15) is 41.1 Å². The van der Waals surface area contributed by atoms with Gasteiger partial charge in [0.15, 0.2) is 0 Å². The van der Waals surface area contributed by atoms with E-state index in [4.69, 9.17) is 14.7 Å². The summed E-state index contributed by atoms with van der Waals surface area (Å²) in [7, 11) is 0. The number of esters is 1. The van der Waals surface area contributed by atoms with E-state index in [0.29, 0.717) is 45.0 Å². The molecule has 4 aliphatic carbocycles. The van der Waals surface area contributed by atoms with Gasteiger partial charge in [0.2, 0.25) is 0 Å². The summed E-state index contributed by atoms with van der Waals surface area (Å²) >= 11 is -1.15. The second-order valence-electron chi connectivity index (χ2n) is 14.2. The lowest BCUT2D eigenvalue weighted by Gasteiger charge is -2.64. The Kier molecular flexibility index (Phi) is 11.9. The maximum Gasteiger partial charge on any atom is 0.432 e. The molecule has 10 nitrogen and oxygen atoms in total. The van der Waals surface area contributed by atoms with Gasteiger partial charge in [-0.3, -0.25) is 14.4 Å². The maximum absolute atomic E-state index is 14.1. The fourth-order valence-electron chi connectivity index (χ4n) is 10.3. The molecule has 4 saturated carbocycles. The minimum absolute atomic E-state index is 0.0307. The van der Waals surface area contributed by atoms with Gasteiger partial charge in [-0.25, -0.2) is 5.26 Å². The van der Waals surface area contributed by atoms with E-state index in [1.165, 1.54) is 0 Å². The van der Waals surface area contributed by atoms with Gasteiger partial charge in [-0.05, 0) is 98.2 Å². The third-order valence-electron chi connectivity index (χ3n) is 12.3. The van der Waals surface area contributed by atoms with Crippen LogP contribution in [0.3, 0.4) is 0 Å². The SMILES string of the molecule is C[C@@H](CCC(=O)OC(C(F)(F)F)C(F)(F)SOOO)C1CC[C@H]2[C@@H]3[C@H](CC=O)C[C@@H]4C[C@H](OC=O)CC[C@]4(C)[C@H]3C[C@H](OC=O)[C@]12C. The Balaban J connectivity index is 1.53. The number of ether oxygens (including phenoxy) is 3. The molecular weight excluding hydrogens is 659 g/mol. The molecule has 0 saturated heterocycles. The van der Waals surface area contributed by atoms with Crippen molar-refractivity contribution in [2.45, 2.75) is 115 Å². The Morgan fingerprint density at radius 3 is 2.32 bits per heavy atom. The normalized spacial score (nSPS) is 38.1. The number of alkyl halides is 5. The summed E-state index contributed by atoms with van der Waals surface area (Å²) in [5, 5.41) is 6.22. The van der Waals surface area contributed by atoms with Crippen molar-refractivity contribution in [3.8, 4) is 0 Å². The number of aldehydes is 1. The van der Waals surface area contributed by atoms with Crippen LogP contribution in [0.2, 0.25) is 0 Å². The number of carbonyl (C=O) groups is 4. The Hall–Kier alpha value is -2.04. The molecule has 0 bridgehead atoms. The molecule has 0 aliphatic heterocycles. The van der Waals surface area contributed by atoms with Crippen LogP contribution in [0.15, 0.2) is 0 Å². The fourth-order valence-corrected chi connectivity index (χ4v) is 10.7. The minimum Gasteiger partial charge on any atom is -0.465 e. The van der Waals surface area contributed by atoms with E-state index in [0.717, 1.165) is 25.5 Å². The molecule has 16 heteroatoms. The van der Waals surface area contributed by atoms with Gasteiger partial charge in [-0.1, -0.05) is 25.8 Å².